The molecule has 0 radical (unpaired) electrons. The number of carbonyl (C=O) groups excluding carboxylic acids is 1. The van der Waals surface area contributed by atoms with Crippen molar-refractivity contribution in [3.05, 3.63) is 0 Å². The second-order valence-electron chi connectivity index (χ2n) is 8.17. The molecule has 134 valence electrons. The SMILES string of the molecule is O=C(NC1CCC(C(=O)O)CC1)NC1C2CCOC2C12CCCC2. The van der Waals surface area contributed by atoms with Crippen molar-refractivity contribution >= 4 is 12.0 Å². The summed E-state index contributed by atoms with van der Waals surface area (Å²) in [6.07, 6.45) is 9.07. The van der Waals surface area contributed by atoms with Crippen LogP contribution in [0.15, 0.2) is 0 Å². The van der Waals surface area contributed by atoms with Gasteiger partial charge in [-0.2, -0.15) is 0 Å². The average molecular weight is 336 g/mol. The Morgan fingerprint density at radius 3 is 2.38 bits per heavy atom. The lowest BCUT2D eigenvalue weighted by Gasteiger charge is -2.56. The minimum Gasteiger partial charge on any atom is -0.481 e. The zero-order valence-corrected chi connectivity index (χ0v) is 14.1. The Kier molecular flexibility index (Phi) is 4.19. The number of rotatable bonds is 3. The number of carboxylic acid groups (broad SMARTS) is 1. The number of fused-ring (bicyclic) bond motifs is 2. The van der Waals surface area contributed by atoms with Gasteiger partial charge < -0.3 is 20.5 Å². The molecule has 3 aliphatic carbocycles. The van der Waals surface area contributed by atoms with Gasteiger partial charge in [0.1, 0.15) is 0 Å². The fourth-order valence-electron chi connectivity index (χ4n) is 5.76. The van der Waals surface area contributed by atoms with Crippen molar-refractivity contribution in [3.8, 4) is 0 Å². The molecule has 6 heteroatoms. The lowest BCUT2D eigenvalue weighted by molar-refractivity contribution is -0.142. The molecule has 3 unspecified atom stereocenters. The number of nitrogens with one attached hydrogen (secondary N) is 2. The number of hydrogen-bond donors (Lipinski definition) is 3. The Morgan fingerprint density at radius 2 is 1.71 bits per heavy atom. The minimum atomic E-state index is -0.706. The second-order valence-corrected chi connectivity index (χ2v) is 8.17. The van der Waals surface area contributed by atoms with Gasteiger partial charge in [-0.1, -0.05) is 12.8 Å². The van der Waals surface area contributed by atoms with Gasteiger partial charge in [-0.25, -0.2) is 4.79 Å². The Balaban J connectivity index is 1.31. The van der Waals surface area contributed by atoms with Crippen LogP contribution >= 0.6 is 0 Å². The number of hydrogen-bond acceptors (Lipinski definition) is 3. The van der Waals surface area contributed by atoms with E-state index < -0.39 is 5.97 Å². The highest BCUT2D eigenvalue weighted by molar-refractivity contribution is 5.75. The van der Waals surface area contributed by atoms with Gasteiger partial charge in [-0.05, 0) is 44.9 Å². The normalized spacial score (nSPS) is 39.9. The van der Waals surface area contributed by atoms with Crippen molar-refractivity contribution in [1.82, 2.24) is 10.6 Å². The summed E-state index contributed by atoms with van der Waals surface area (Å²) in [5.41, 5.74) is 0.180. The van der Waals surface area contributed by atoms with Crippen LogP contribution in [0.2, 0.25) is 0 Å². The van der Waals surface area contributed by atoms with Gasteiger partial charge in [-0.3, -0.25) is 4.79 Å². The van der Waals surface area contributed by atoms with Crippen LogP contribution in [0.3, 0.4) is 0 Å². The largest absolute Gasteiger partial charge is 0.481 e. The van der Waals surface area contributed by atoms with E-state index >= 15 is 0 Å². The van der Waals surface area contributed by atoms with Gasteiger partial charge in [0.2, 0.25) is 0 Å². The highest BCUT2D eigenvalue weighted by Crippen LogP contribution is 2.60. The molecule has 0 aromatic rings. The molecule has 3 atom stereocenters. The summed E-state index contributed by atoms with van der Waals surface area (Å²) in [5.74, 6) is -0.463. The van der Waals surface area contributed by atoms with E-state index in [1.165, 1.54) is 25.7 Å². The third-order valence-electron chi connectivity index (χ3n) is 6.98. The van der Waals surface area contributed by atoms with Crippen LogP contribution in [0, 0.1) is 17.3 Å². The first-order chi connectivity index (χ1) is 11.6. The van der Waals surface area contributed by atoms with E-state index in [4.69, 9.17) is 9.84 Å². The number of carbonyl (C=O) groups is 2. The van der Waals surface area contributed by atoms with Gasteiger partial charge >= 0.3 is 12.0 Å². The van der Waals surface area contributed by atoms with Gasteiger partial charge in [0.25, 0.3) is 0 Å². The Bertz CT molecular complexity index is 509. The highest BCUT2D eigenvalue weighted by atomic mass is 16.5. The molecule has 2 amide bonds. The maximum atomic E-state index is 12.5. The number of aliphatic carboxylic acids is 1. The number of ether oxygens (including phenoxy) is 1. The Labute approximate surface area is 142 Å². The van der Waals surface area contributed by atoms with Gasteiger partial charge in [0, 0.05) is 30.0 Å². The van der Waals surface area contributed by atoms with E-state index in [-0.39, 0.29) is 29.4 Å². The molecule has 24 heavy (non-hydrogen) atoms. The predicted octanol–water partition coefficient (Wildman–Crippen LogP) is 2.28. The standard InChI is InChI=1S/C18H28N2O4/c21-16(22)11-3-5-12(6-4-11)19-17(23)20-14-13-7-10-24-15(13)18(14)8-1-2-9-18/h11-15H,1-10H2,(H,21,22)(H2,19,20,23). The average Bonchev–Trinajstić information content (AvgIpc) is 3.22. The van der Waals surface area contributed by atoms with Crippen molar-refractivity contribution in [2.45, 2.75) is 76.0 Å². The van der Waals surface area contributed by atoms with Crippen LogP contribution in [0.5, 0.6) is 0 Å². The predicted molar refractivity (Wildman–Crippen MR) is 87.6 cm³/mol. The molecule has 0 bridgehead atoms. The summed E-state index contributed by atoms with van der Waals surface area (Å²) in [6, 6.07) is 0.286. The summed E-state index contributed by atoms with van der Waals surface area (Å²) < 4.78 is 5.96. The zero-order chi connectivity index (χ0) is 16.7. The summed E-state index contributed by atoms with van der Waals surface area (Å²) in [6.45, 7) is 0.829. The van der Waals surface area contributed by atoms with Gasteiger partial charge in [0.15, 0.2) is 0 Å². The van der Waals surface area contributed by atoms with Crippen LogP contribution in [0.4, 0.5) is 4.79 Å². The first kappa shape index (κ1) is 16.2. The van der Waals surface area contributed by atoms with Gasteiger partial charge in [-0.15, -0.1) is 0 Å². The topological polar surface area (TPSA) is 87.7 Å². The molecule has 1 spiro atoms. The molecular formula is C18H28N2O4. The molecule has 1 aliphatic heterocycles. The fraction of sp³-hybridized carbons (Fsp3) is 0.889. The summed E-state index contributed by atoms with van der Waals surface area (Å²) >= 11 is 0. The maximum absolute atomic E-state index is 12.5. The zero-order valence-electron chi connectivity index (χ0n) is 14.1. The third kappa shape index (κ3) is 2.59. The molecule has 3 saturated carbocycles. The first-order valence-electron chi connectivity index (χ1n) is 9.51. The minimum absolute atomic E-state index is 0.0737. The molecule has 1 heterocycles. The van der Waals surface area contributed by atoms with Gasteiger partial charge in [0.05, 0.1) is 12.0 Å². The highest BCUT2D eigenvalue weighted by Gasteiger charge is 2.65. The lowest BCUT2D eigenvalue weighted by atomic mass is 9.54. The van der Waals surface area contributed by atoms with Crippen LogP contribution < -0.4 is 10.6 Å². The monoisotopic (exact) mass is 336 g/mol. The smallest absolute Gasteiger partial charge is 0.315 e. The van der Waals surface area contributed by atoms with Crippen LogP contribution in [0.1, 0.15) is 57.8 Å². The van der Waals surface area contributed by atoms with Crippen LogP contribution in [-0.4, -0.2) is 41.9 Å². The van der Waals surface area contributed by atoms with E-state index in [2.05, 4.69) is 10.6 Å². The first-order valence-corrected chi connectivity index (χ1v) is 9.51. The lowest BCUT2D eigenvalue weighted by Crippen LogP contribution is -2.69. The number of amides is 2. The molecule has 0 aromatic carbocycles. The van der Waals surface area contributed by atoms with E-state index in [0.29, 0.717) is 24.9 Å². The summed E-state index contributed by atoms with van der Waals surface area (Å²) in [4.78, 5) is 23.5. The maximum Gasteiger partial charge on any atom is 0.315 e. The van der Waals surface area contributed by atoms with Crippen molar-refractivity contribution in [3.63, 3.8) is 0 Å². The van der Waals surface area contributed by atoms with Crippen molar-refractivity contribution in [1.29, 1.82) is 0 Å². The van der Waals surface area contributed by atoms with Crippen LogP contribution in [0.25, 0.3) is 0 Å². The molecule has 1 saturated heterocycles. The summed E-state index contributed by atoms with van der Waals surface area (Å²) in [5, 5.41) is 15.4. The molecule has 4 fully saturated rings. The molecule has 4 rings (SSSR count). The molecule has 3 N–H and O–H groups in total. The Morgan fingerprint density at radius 1 is 1.00 bits per heavy atom. The Hall–Kier alpha value is -1.30. The van der Waals surface area contributed by atoms with Crippen LogP contribution in [-0.2, 0) is 9.53 Å². The van der Waals surface area contributed by atoms with Crippen molar-refractivity contribution in [2.24, 2.45) is 17.3 Å². The molecule has 0 aromatic heterocycles. The van der Waals surface area contributed by atoms with E-state index in [0.717, 1.165) is 25.9 Å². The third-order valence-corrected chi connectivity index (χ3v) is 6.98. The molecular weight excluding hydrogens is 308 g/mol. The van der Waals surface area contributed by atoms with Crippen molar-refractivity contribution in [2.75, 3.05) is 6.61 Å². The van der Waals surface area contributed by atoms with Crippen molar-refractivity contribution < 1.29 is 19.4 Å². The number of urea groups is 1. The van der Waals surface area contributed by atoms with E-state index in [9.17, 15) is 9.59 Å². The van der Waals surface area contributed by atoms with E-state index in [1.54, 1.807) is 0 Å². The summed E-state index contributed by atoms with van der Waals surface area (Å²) in [7, 11) is 0. The number of carboxylic acids is 1. The molecule has 6 nitrogen and oxygen atoms in total. The molecule has 4 aliphatic rings. The van der Waals surface area contributed by atoms with E-state index in [1.807, 2.05) is 0 Å². The second kappa shape index (κ2) is 6.21. The quantitative estimate of drug-likeness (QED) is 0.738. The fourth-order valence-corrected chi connectivity index (χ4v) is 5.76.